The largest absolute Gasteiger partial charge is 0.397 e. The monoisotopic (exact) mass is 331 g/mol. The van der Waals surface area contributed by atoms with Crippen molar-refractivity contribution >= 4 is 32.8 Å². The molecule has 0 fully saturated rings. The van der Waals surface area contributed by atoms with Crippen LogP contribution in [0.5, 0.6) is 0 Å². The summed E-state index contributed by atoms with van der Waals surface area (Å²) in [7, 11) is 0. The number of nitrogen functional groups attached to an aromatic ring is 1. The Balaban J connectivity index is 1.81. The summed E-state index contributed by atoms with van der Waals surface area (Å²) >= 11 is 3.40. The Morgan fingerprint density at radius 2 is 2.15 bits per heavy atom. The third-order valence-corrected chi connectivity index (χ3v) is 3.68. The van der Waals surface area contributed by atoms with Crippen LogP contribution in [0.4, 0.5) is 5.69 Å². The molecule has 6 heteroatoms. The first kappa shape index (κ1) is 13.1. The van der Waals surface area contributed by atoms with Crippen molar-refractivity contribution in [1.29, 1.82) is 0 Å². The summed E-state index contributed by atoms with van der Waals surface area (Å²) in [6, 6.07) is 3.89. The number of pyridine rings is 2. The van der Waals surface area contributed by atoms with Gasteiger partial charge in [0.2, 0.25) is 0 Å². The number of hydrogen-bond acceptors (Lipinski definition) is 4. The fourth-order valence-corrected chi connectivity index (χ4v) is 2.44. The molecule has 0 aliphatic rings. The second-order valence-electron chi connectivity index (χ2n) is 4.70. The van der Waals surface area contributed by atoms with Crippen molar-refractivity contribution < 1.29 is 0 Å². The lowest BCUT2D eigenvalue weighted by molar-refractivity contribution is 0.861. The lowest BCUT2D eigenvalue weighted by Gasteiger charge is -2.05. The Hall–Kier alpha value is -1.95. The van der Waals surface area contributed by atoms with Crippen LogP contribution in [-0.4, -0.2) is 19.9 Å². The highest BCUT2D eigenvalue weighted by Gasteiger charge is 2.07. The molecule has 3 aromatic rings. The highest BCUT2D eigenvalue weighted by molar-refractivity contribution is 9.10. The molecule has 0 atom stereocenters. The average Bonchev–Trinajstić information content (AvgIpc) is 2.82. The number of nitrogens with two attached hydrogens (primary N) is 1. The number of imidazole rings is 1. The molecule has 0 radical (unpaired) electrons. The van der Waals surface area contributed by atoms with Crippen LogP contribution in [0.1, 0.15) is 17.1 Å². The first-order chi connectivity index (χ1) is 9.63. The number of aromatic amines is 1. The van der Waals surface area contributed by atoms with Gasteiger partial charge in [-0.1, -0.05) is 0 Å². The number of aromatic nitrogens is 4. The van der Waals surface area contributed by atoms with Gasteiger partial charge in [0.1, 0.15) is 5.82 Å². The number of fused-ring (bicyclic) bond motifs is 1. The summed E-state index contributed by atoms with van der Waals surface area (Å²) in [4.78, 5) is 16.3. The number of nitrogens with zero attached hydrogens (tertiary/aromatic N) is 3. The number of rotatable bonds is 3. The Labute approximate surface area is 124 Å². The summed E-state index contributed by atoms with van der Waals surface area (Å²) in [5.74, 6) is 0.897. The zero-order chi connectivity index (χ0) is 14.1. The summed E-state index contributed by atoms with van der Waals surface area (Å²) in [6.07, 6.45) is 5.05. The molecule has 5 nitrogen and oxygen atoms in total. The van der Waals surface area contributed by atoms with Gasteiger partial charge in [-0.2, -0.15) is 0 Å². The predicted molar refractivity (Wildman–Crippen MR) is 82.4 cm³/mol. The topological polar surface area (TPSA) is 80.5 Å². The fourth-order valence-electron chi connectivity index (χ4n) is 2.10. The van der Waals surface area contributed by atoms with Crippen molar-refractivity contribution in [3.05, 3.63) is 46.1 Å². The first-order valence-electron chi connectivity index (χ1n) is 6.33. The van der Waals surface area contributed by atoms with Crippen LogP contribution in [0.25, 0.3) is 11.2 Å². The first-order valence-corrected chi connectivity index (χ1v) is 7.13. The third kappa shape index (κ3) is 2.51. The third-order valence-electron chi connectivity index (χ3n) is 3.24. The Morgan fingerprint density at radius 3 is 3.00 bits per heavy atom. The molecule has 0 aromatic carbocycles. The van der Waals surface area contributed by atoms with Crippen LogP contribution in [0.15, 0.2) is 29.0 Å². The quantitative estimate of drug-likeness (QED) is 0.773. The molecule has 3 aromatic heterocycles. The van der Waals surface area contributed by atoms with Gasteiger partial charge in [0.05, 0.1) is 16.9 Å². The van der Waals surface area contributed by atoms with Gasteiger partial charge < -0.3 is 10.7 Å². The van der Waals surface area contributed by atoms with E-state index in [9.17, 15) is 0 Å². The molecular formula is C14H14BrN5. The van der Waals surface area contributed by atoms with Crippen LogP contribution in [0.2, 0.25) is 0 Å². The van der Waals surface area contributed by atoms with E-state index in [4.69, 9.17) is 5.73 Å². The summed E-state index contributed by atoms with van der Waals surface area (Å²) in [6.45, 7) is 1.99. The average molecular weight is 332 g/mol. The highest BCUT2D eigenvalue weighted by Crippen LogP contribution is 2.18. The van der Waals surface area contributed by atoms with Gasteiger partial charge in [0, 0.05) is 23.3 Å². The van der Waals surface area contributed by atoms with Crippen molar-refractivity contribution in [2.75, 3.05) is 5.73 Å². The maximum atomic E-state index is 6.03. The van der Waals surface area contributed by atoms with Crippen LogP contribution in [0.3, 0.4) is 0 Å². The molecule has 20 heavy (non-hydrogen) atoms. The van der Waals surface area contributed by atoms with E-state index in [0.717, 1.165) is 51.2 Å². The molecular weight excluding hydrogens is 318 g/mol. The van der Waals surface area contributed by atoms with E-state index in [2.05, 4.69) is 35.9 Å². The normalized spacial score (nSPS) is 11.1. The van der Waals surface area contributed by atoms with Gasteiger partial charge in [-0.15, -0.1) is 0 Å². The standard InChI is InChI=1S/C14H14BrN5/c1-8-4-5-17-10(13(8)16)2-3-12-19-11-6-9(15)7-18-14(11)20-12/h4-7H,2-3,16H2,1H3,(H,18,19,20). The maximum Gasteiger partial charge on any atom is 0.177 e. The Kier molecular flexibility index (Phi) is 3.40. The molecule has 102 valence electrons. The molecule has 3 N–H and O–H groups in total. The lowest BCUT2D eigenvalue weighted by Crippen LogP contribution is -2.02. The molecule has 0 saturated heterocycles. The SMILES string of the molecule is Cc1ccnc(CCc2nc3ncc(Br)cc3[nH]2)c1N. The van der Waals surface area contributed by atoms with Crippen LogP contribution < -0.4 is 5.73 Å². The molecule has 0 unspecified atom stereocenters. The minimum absolute atomic E-state index is 0.730. The molecule has 0 spiro atoms. The van der Waals surface area contributed by atoms with Crippen molar-refractivity contribution in [3.63, 3.8) is 0 Å². The molecule has 0 aliphatic heterocycles. The van der Waals surface area contributed by atoms with E-state index >= 15 is 0 Å². The lowest BCUT2D eigenvalue weighted by atomic mass is 10.1. The molecule has 0 amide bonds. The van der Waals surface area contributed by atoms with Gasteiger partial charge in [-0.3, -0.25) is 4.98 Å². The number of nitrogens with one attached hydrogen (secondary N) is 1. The summed E-state index contributed by atoms with van der Waals surface area (Å²) in [5.41, 5.74) is 10.4. The van der Waals surface area contributed by atoms with Crippen molar-refractivity contribution in [1.82, 2.24) is 19.9 Å². The Bertz CT molecular complexity index is 765. The Morgan fingerprint density at radius 1 is 1.30 bits per heavy atom. The summed E-state index contributed by atoms with van der Waals surface area (Å²) in [5, 5.41) is 0. The smallest absolute Gasteiger partial charge is 0.177 e. The van der Waals surface area contributed by atoms with Crippen molar-refractivity contribution in [2.45, 2.75) is 19.8 Å². The number of H-pyrrole nitrogens is 1. The van der Waals surface area contributed by atoms with Gasteiger partial charge in [-0.25, -0.2) is 9.97 Å². The maximum absolute atomic E-state index is 6.03. The summed E-state index contributed by atoms with van der Waals surface area (Å²) < 4.78 is 0.935. The second-order valence-corrected chi connectivity index (χ2v) is 5.61. The van der Waals surface area contributed by atoms with Crippen molar-refractivity contribution in [2.24, 2.45) is 0 Å². The zero-order valence-electron chi connectivity index (χ0n) is 11.0. The molecule has 3 rings (SSSR count). The minimum Gasteiger partial charge on any atom is -0.397 e. The second kappa shape index (κ2) is 5.20. The minimum atomic E-state index is 0.730. The number of hydrogen-bond donors (Lipinski definition) is 2. The fraction of sp³-hybridized carbons (Fsp3) is 0.214. The van der Waals surface area contributed by atoms with E-state index < -0.39 is 0 Å². The van der Waals surface area contributed by atoms with E-state index in [1.165, 1.54) is 0 Å². The van der Waals surface area contributed by atoms with E-state index in [0.29, 0.717) is 0 Å². The van der Waals surface area contributed by atoms with Gasteiger partial charge in [0.15, 0.2) is 5.65 Å². The predicted octanol–water partition coefficient (Wildman–Crippen LogP) is 2.79. The van der Waals surface area contributed by atoms with Gasteiger partial charge in [-0.05, 0) is 47.0 Å². The van der Waals surface area contributed by atoms with E-state index in [-0.39, 0.29) is 0 Å². The van der Waals surface area contributed by atoms with Gasteiger partial charge >= 0.3 is 0 Å². The van der Waals surface area contributed by atoms with Crippen molar-refractivity contribution in [3.8, 4) is 0 Å². The number of aryl methyl sites for hydroxylation is 3. The van der Waals surface area contributed by atoms with Gasteiger partial charge in [0.25, 0.3) is 0 Å². The van der Waals surface area contributed by atoms with E-state index in [1.54, 1.807) is 12.4 Å². The highest BCUT2D eigenvalue weighted by atomic mass is 79.9. The number of anilines is 1. The van der Waals surface area contributed by atoms with Crippen LogP contribution in [-0.2, 0) is 12.8 Å². The molecule has 0 saturated carbocycles. The number of halogens is 1. The van der Waals surface area contributed by atoms with E-state index in [1.807, 2.05) is 19.1 Å². The zero-order valence-corrected chi connectivity index (χ0v) is 12.6. The van der Waals surface area contributed by atoms with Crippen LogP contribution in [0, 0.1) is 6.92 Å². The van der Waals surface area contributed by atoms with Crippen LogP contribution >= 0.6 is 15.9 Å². The molecule has 3 heterocycles. The molecule has 0 aliphatic carbocycles. The molecule has 0 bridgehead atoms.